The van der Waals surface area contributed by atoms with Crippen LogP contribution in [-0.2, 0) is 11.2 Å². The SMILES string of the molecule is COc1c(O)ccc2c1CC(=O)N2. The second-order valence-corrected chi connectivity index (χ2v) is 2.87. The van der Waals surface area contributed by atoms with E-state index in [1.54, 1.807) is 6.07 Å². The molecule has 0 spiro atoms. The number of methoxy groups -OCH3 is 1. The molecule has 0 saturated carbocycles. The van der Waals surface area contributed by atoms with Crippen LogP contribution in [0.15, 0.2) is 12.1 Å². The fourth-order valence-corrected chi connectivity index (χ4v) is 1.49. The average Bonchev–Trinajstić information content (AvgIpc) is 2.45. The topological polar surface area (TPSA) is 58.6 Å². The highest BCUT2D eigenvalue weighted by molar-refractivity contribution is 6.00. The normalized spacial score (nSPS) is 13.8. The molecule has 2 N–H and O–H groups in total. The summed E-state index contributed by atoms with van der Waals surface area (Å²) in [5.41, 5.74) is 1.45. The molecule has 1 aliphatic heterocycles. The molecular formula is C9H9NO3. The van der Waals surface area contributed by atoms with Crippen LogP contribution in [-0.4, -0.2) is 18.1 Å². The molecule has 0 unspecified atom stereocenters. The van der Waals surface area contributed by atoms with Crippen LogP contribution in [0.3, 0.4) is 0 Å². The Kier molecular flexibility index (Phi) is 1.62. The zero-order valence-corrected chi connectivity index (χ0v) is 7.13. The Hall–Kier alpha value is -1.71. The number of aromatic hydroxyl groups is 1. The van der Waals surface area contributed by atoms with Crippen LogP contribution >= 0.6 is 0 Å². The average molecular weight is 179 g/mol. The van der Waals surface area contributed by atoms with Crippen LogP contribution in [0.4, 0.5) is 5.69 Å². The summed E-state index contributed by atoms with van der Waals surface area (Å²) in [6.07, 6.45) is 0.271. The standard InChI is InChI=1S/C9H9NO3/c1-13-9-5-4-8(12)10-6(5)2-3-7(9)11/h2-3,11H,4H2,1H3,(H,10,12). The van der Waals surface area contributed by atoms with Gasteiger partial charge in [0.25, 0.3) is 0 Å². The van der Waals surface area contributed by atoms with E-state index in [0.29, 0.717) is 5.75 Å². The van der Waals surface area contributed by atoms with Gasteiger partial charge in [-0.15, -0.1) is 0 Å². The number of fused-ring (bicyclic) bond motifs is 1. The zero-order chi connectivity index (χ0) is 9.42. The lowest BCUT2D eigenvalue weighted by molar-refractivity contribution is -0.115. The van der Waals surface area contributed by atoms with E-state index in [1.165, 1.54) is 13.2 Å². The fourth-order valence-electron chi connectivity index (χ4n) is 1.49. The maximum absolute atomic E-state index is 11.0. The van der Waals surface area contributed by atoms with Gasteiger partial charge in [0.1, 0.15) is 0 Å². The summed E-state index contributed by atoms with van der Waals surface area (Å²) in [7, 11) is 1.47. The Bertz CT molecular complexity index is 373. The molecule has 0 fully saturated rings. The van der Waals surface area contributed by atoms with Gasteiger partial charge in [-0.05, 0) is 12.1 Å². The number of phenolic OH excluding ortho intramolecular Hbond substituents is 1. The third kappa shape index (κ3) is 1.11. The molecule has 0 aliphatic carbocycles. The van der Waals surface area contributed by atoms with Crippen molar-refractivity contribution in [2.75, 3.05) is 12.4 Å². The van der Waals surface area contributed by atoms with E-state index >= 15 is 0 Å². The number of amides is 1. The highest BCUT2D eigenvalue weighted by Gasteiger charge is 2.23. The molecule has 2 rings (SSSR count). The second-order valence-electron chi connectivity index (χ2n) is 2.87. The molecule has 0 atom stereocenters. The van der Waals surface area contributed by atoms with Gasteiger partial charge in [-0.2, -0.15) is 0 Å². The lowest BCUT2D eigenvalue weighted by atomic mass is 10.1. The number of carbonyl (C=O) groups excluding carboxylic acids is 1. The van der Waals surface area contributed by atoms with Gasteiger partial charge in [-0.1, -0.05) is 0 Å². The second kappa shape index (κ2) is 2.65. The van der Waals surface area contributed by atoms with Crippen molar-refractivity contribution in [3.05, 3.63) is 17.7 Å². The number of rotatable bonds is 1. The van der Waals surface area contributed by atoms with Crippen LogP contribution in [0.2, 0.25) is 0 Å². The Morgan fingerprint density at radius 3 is 3.00 bits per heavy atom. The monoisotopic (exact) mass is 179 g/mol. The summed E-state index contributed by atoms with van der Waals surface area (Å²) >= 11 is 0. The summed E-state index contributed by atoms with van der Waals surface area (Å²) in [5, 5.41) is 12.1. The summed E-state index contributed by atoms with van der Waals surface area (Å²) < 4.78 is 4.99. The van der Waals surface area contributed by atoms with Gasteiger partial charge in [0.2, 0.25) is 5.91 Å². The van der Waals surface area contributed by atoms with Crippen molar-refractivity contribution in [3.63, 3.8) is 0 Å². The summed E-state index contributed by atoms with van der Waals surface area (Å²) in [6, 6.07) is 3.17. The number of hydrogen-bond acceptors (Lipinski definition) is 3. The minimum atomic E-state index is -0.0705. The van der Waals surface area contributed by atoms with E-state index in [4.69, 9.17) is 4.74 Å². The third-order valence-corrected chi connectivity index (χ3v) is 2.06. The first kappa shape index (κ1) is 7.91. The molecule has 1 aromatic carbocycles. The Balaban J connectivity index is 2.58. The largest absolute Gasteiger partial charge is 0.504 e. The highest BCUT2D eigenvalue weighted by Crippen LogP contribution is 2.38. The molecule has 4 nitrogen and oxygen atoms in total. The Labute approximate surface area is 75.1 Å². The summed E-state index contributed by atoms with van der Waals surface area (Å²) in [6.45, 7) is 0. The van der Waals surface area contributed by atoms with E-state index in [2.05, 4.69) is 5.32 Å². The van der Waals surface area contributed by atoms with E-state index in [9.17, 15) is 9.90 Å². The molecule has 4 heteroatoms. The molecule has 1 heterocycles. The number of anilines is 1. The van der Waals surface area contributed by atoms with Gasteiger partial charge in [-0.3, -0.25) is 4.79 Å². The van der Waals surface area contributed by atoms with Crippen molar-refractivity contribution in [3.8, 4) is 11.5 Å². The first-order valence-corrected chi connectivity index (χ1v) is 3.91. The fraction of sp³-hybridized carbons (Fsp3) is 0.222. The minimum Gasteiger partial charge on any atom is -0.504 e. The summed E-state index contributed by atoms with van der Waals surface area (Å²) in [4.78, 5) is 11.0. The van der Waals surface area contributed by atoms with E-state index < -0.39 is 0 Å². The van der Waals surface area contributed by atoms with Gasteiger partial charge >= 0.3 is 0 Å². The van der Waals surface area contributed by atoms with Crippen LogP contribution in [0, 0.1) is 0 Å². The molecule has 0 bridgehead atoms. The van der Waals surface area contributed by atoms with Gasteiger partial charge < -0.3 is 15.2 Å². The third-order valence-electron chi connectivity index (χ3n) is 2.06. The van der Waals surface area contributed by atoms with Gasteiger partial charge in [-0.25, -0.2) is 0 Å². The molecule has 1 aromatic rings. The number of benzene rings is 1. The number of nitrogens with one attached hydrogen (secondary N) is 1. The van der Waals surface area contributed by atoms with E-state index in [0.717, 1.165) is 11.3 Å². The lowest BCUT2D eigenvalue weighted by Crippen LogP contribution is -2.03. The Morgan fingerprint density at radius 1 is 1.54 bits per heavy atom. The summed E-state index contributed by atoms with van der Waals surface area (Å²) in [5.74, 6) is 0.382. The smallest absolute Gasteiger partial charge is 0.229 e. The number of ether oxygens (including phenoxy) is 1. The molecule has 1 amide bonds. The van der Waals surface area contributed by atoms with E-state index in [-0.39, 0.29) is 18.1 Å². The predicted octanol–water partition coefficient (Wildman–Crippen LogP) is 0.895. The molecule has 13 heavy (non-hydrogen) atoms. The predicted molar refractivity (Wildman–Crippen MR) is 47.0 cm³/mol. The van der Waals surface area contributed by atoms with Crippen molar-refractivity contribution in [1.29, 1.82) is 0 Å². The number of hydrogen-bond donors (Lipinski definition) is 2. The maximum Gasteiger partial charge on any atom is 0.229 e. The van der Waals surface area contributed by atoms with Crippen LogP contribution in [0.1, 0.15) is 5.56 Å². The molecule has 1 aliphatic rings. The first-order valence-electron chi connectivity index (χ1n) is 3.91. The highest BCUT2D eigenvalue weighted by atomic mass is 16.5. The Morgan fingerprint density at radius 2 is 2.31 bits per heavy atom. The van der Waals surface area contributed by atoms with Crippen molar-refractivity contribution in [2.24, 2.45) is 0 Å². The molecule has 0 saturated heterocycles. The molecule has 0 radical (unpaired) electrons. The van der Waals surface area contributed by atoms with Gasteiger partial charge in [0.05, 0.1) is 13.5 Å². The molecule has 68 valence electrons. The van der Waals surface area contributed by atoms with E-state index in [1.807, 2.05) is 0 Å². The van der Waals surface area contributed by atoms with Crippen LogP contribution < -0.4 is 10.1 Å². The quantitative estimate of drug-likeness (QED) is 0.629. The maximum atomic E-state index is 11.0. The van der Waals surface area contributed by atoms with Crippen molar-refractivity contribution in [1.82, 2.24) is 0 Å². The number of carbonyl (C=O) groups is 1. The van der Waals surface area contributed by atoms with Crippen molar-refractivity contribution >= 4 is 11.6 Å². The van der Waals surface area contributed by atoms with Crippen LogP contribution in [0.25, 0.3) is 0 Å². The van der Waals surface area contributed by atoms with Crippen molar-refractivity contribution in [2.45, 2.75) is 6.42 Å². The first-order chi connectivity index (χ1) is 6.22. The lowest BCUT2D eigenvalue weighted by Gasteiger charge is -2.07. The van der Waals surface area contributed by atoms with Gasteiger partial charge in [0.15, 0.2) is 11.5 Å². The van der Waals surface area contributed by atoms with Gasteiger partial charge in [0, 0.05) is 11.3 Å². The zero-order valence-electron chi connectivity index (χ0n) is 7.13. The minimum absolute atomic E-state index is 0.0674. The number of phenols is 1. The van der Waals surface area contributed by atoms with Crippen molar-refractivity contribution < 1.29 is 14.6 Å². The van der Waals surface area contributed by atoms with Crippen LogP contribution in [0.5, 0.6) is 11.5 Å². The molecular weight excluding hydrogens is 170 g/mol. The molecule has 0 aromatic heterocycles.